The Morgan fingerprint density at radius 3 is 2.62 bits per heavy atom. The Hall–Kier alpha value is -1.00. The van der Waals surface area contributed by atoms with Gasteiger partial charge in [0.1, 0.15) is 0 Å². The van der Waals surface area contributed by atoms with E-state index in [1.807, 2.05) is 11.8 Å². The van der Waals surface area contributed by atoms with Crippen LogP contribution in [0.4, 0.5) is 0 Å². The van der Waals surface area contributed by atoms with Crippen molar-refractivity contribution in [1.82, 2.24) is 10.2 Å². The van der Waals surface area contributed by atoms with E-state index < -0.39 is 0 Å². The molecule has 0 aromatic heterocycles. The molecule has 0 spiro atoms. The van der Waals surface area contributed by atoms with E-state index >= 15 is 0 Å². The van der Waals surface area contributed by atoms with E-state index in [2.05, 4.69) is 48.5 Å². The van der Waals surface area contributed by atoms with Crippen LogP contribution >= 0.6 is 11.8 Å². The first-order valence-electron chi connectivity index (χ1n) is 7.81. The summed E-state index contributed by atoms with van der Waals surface area (Å²) >= 11 is 1.86. The Bertz CT molecular complexity index is 439. The Labute approximate surface area is 132 Å². The van der Waals surface area contributed by atoms with Crippen molar-refractivity contribution in [2.24, 2.45) is 5.92 Å². The molecule has 1 aromatic carbocycles. The van der Waals surface area contributed by atoms with E-state index in [0.29, 0.717) is 0 Å². The molecule has 1 aromatic rings. The summed E-state index contributed by atoms with van der Waals surface area (Å²) in [5, 5.41) is 3.09. The molecule has 0 bridgehead atoms. The summed E-state index contributed by atoms with van der Waals surface area (Å²) in [6, 6.07) is 8.61. The van der Waals surface area contributed by atoms with Gasteiger partial charge in [-0.2, -0.15) is 0 Å². The van der Waals surface area contributed by atoms with Crippen molar-refractivity contribution in [1.29, 1.82) is 0 Å². The van der Waals surface area contributed by atoms with Crippen molar-refractivity contribution in [3.05, 3.63) is 29.8 Å². The minimum Gasteiger partial charge on any atom is -0.356 e. The third-order valence-corrected chi connectivity index (χ3v) is 5.10. The Morgan fingerprint density at radius 2 is 1.95 bits per heavy atom. The monoisotopic (exact) mass is 306 g/mol. The van der Waals surface area contributed by atoms with Gasteiger partial charge in [-0.1, -0.05) is 17.7 Å². The van der Waals surface area contributed by atoms with Crippen LogP contribution in [0, 0.1) is 12.8 Å². The normalized spacial score (nSPS) is 16.9. The van der Waals surface area contributed by atoms with Gasteiger partial charge in [-0.3, -0.25) is 4.79 Å². The van der Waals surface area contributed by atoms with Crippen LogP contribution in [0.25, 0.3) is 0 Å². The van der Waals surface area contributed by atoms with Gasteiger partial charge in [0.25, 0.3) is 0 Å². The lowest BCUT2D eigenvalue weighted by Crippen LogP contribution is -2.39. The summed E-state index contributed by atoms with van der Waals surface area (Å²) < 4.78 is 0. The predicted molar refractivity (Wildman–Crippen MR) is 89.8 cm³/mol. The van der Waals surface area contributed by atoms with Crippen molar-refractivity contribution in [3.63, 3.8) is 0 Å². The van der Waals surface area contributed by atoms with Crippen molar-refractivity contribution in [2.75, 3.05) is 32.4 Å². The fraction of sp³-hybridized carbons (Fsp3) is 0.588. The van der Waals surface area contributed by atoms with Crippen molar-refractivity contribution >= 4 is 17.7 Å². The van der Waals surface area contributed by atoms with Gasteiger partial charge in [0.15, 0.2) is 0 Å². The molecule has 0 unspecified atom stereocenters. The van der Waals surface area contributed by atoms with Gasteiger partial charge in [-0.15, -0.1) is 11.8 Å². The van der Waals surface area contributed by atoms with Crippen molar-refractivity contribution in [3.8, 4) is 0 Å². The highest BCUT2D eigenvalue weighted by Crippen LogP contribution is 2.19. The maximum Gasteiger partial charge on any atom is 0.223 e. The Balaban J connectivity index is 1.57. The van der Waals surface area contributed by atoms with Crippen LogP contribution in [0.5, 0.6) is 0 Å². The van der Waals surface area contributed by atoms with Crippen molar-refractivity contribution in [2.45, 2.75) is 31.1 Å². The maximum atomic E-state index is 12.0. The molecule has 0 atom stereocenters. The lowest BCUT2D eigenvalue weighted by molar-refractivity contribution is -0.126. The molecule has 3 nitrogen and oxygen atoms in total. The number of benzene rings is 1. The first-order chi connectivity index (χ1) is 10.1. The second-order valence-corrected chi connectivity index (χ2v) is 7.05. The molecule has 4 heteroatoms. The van der Waals surface area contributed by atoms with Crippen LogP contribution in [0.3, 0.4) is 0 Å². The number of piperidine rings is 1. The molecule has 1 fully saturated rings. The number of likely N-dealkylation sites (tertiary alicyclic amines) is 1. The highest BCUT2D eigenvalue weighted by Gasteiger charge is 2.22. The number of hydrogen-bond acceptors (Lipinski definition) is 3. The minimum absolute atomic E-state index is 0.228. The van der Waals surface area contributed by atoms with Crippen LogP contribution in [0.2, 0.25) is 0 Å². The predicted octanol–water partition coefficient (Wildman–Crippen LogP) is 2.94. The summed E-state index contributed by atoms with van der Waals surface area (Å²) in [4.78, 5) is 15.6. The number of carbonyl (C=O) groups is 1. The Kier molecular flexibility index (Phi) is 6.58. The van der Waals surface area contributed by atoms with Crippen LogP contribution in [0.15, 0.2) is 29.2 Å². The molecule has 116 valence electrons. The number of nitrogens with one attached hydrogen (secondary N) is 1. The molecule has 2 rings (SSSR count). The lowest BCUT2D eigenvalue weighted by atomic mass is 9.96. The standard InChI is InChI=1S/C17H26N2OS/c1-14-4-6-16(7-5-14)21-13-3-10-18-17(20)15-8-11-19(2)12-9-15/h4-7,15H,3,8-13H2,1-2H3,(H,18,20). The van der Waals surface area contributed by atoms with E-state index in [1.165, 1.54) is 10.5 Å². The van der Waals surface area contributed by atoms with Crippen LogP contribution < -0.4 is 5.32 Å². The Morgan fingerprint density at radius 1 is 1.29 bits per heavy atom. The largest absolute Gasteiger partial charge is 0.356 e. The van der Waals surface area contributed by atoms with Gasteiger partial charge < -0.3 is 10.2 Å². The van der Waals surface area contributed by atoms with Gasteiger partial charge in [-0.25, -0.2) is 0 Å². The highest BCUT2D eigenvalue weighted by molar-refractivity contribution is 7.99. The second-order valence-electron chi connectivity index (χ2n) is 5.88. The number of amides is 1. The number of rotatable bonds is 6. The molecule has 1 saturated heterocycles. The van der Waals surface area contributed by atoms with E-state index in [1.54, 1.807) is 0 Å². The zero-order valence-corrected chi connectivity index (χ0v) is 13.9. The quantitative estimate of drug-likeness (QED) is 0.648. The van der Waals surface area contributed by atoms with Gasteiger partial charge in [0.05, 0.1) is 0 Å². The molecule has 0 saturated carbocycles. The third-order valence-electron chi connectivity index (χ3n) is 4.00. The summed E-state index contributed by atoms with van der Waals surface area (Å²) in [6.45, 7) is 4.99. The first-order valence-corrected chi connectivity index (χ1v) is 8.79. The molecule has 1 heterocycles. The fourth-order valence-electron chi connectivity index (χ4n) is 2.52. The van der Waals surface area contributed by atoms with Gasteiger partial charge in [-0.05, 0) is 64.2 Å². The second kappa shape index (κ2) is 8.44. The fourth-order valence-corrected chi connectivity index (χ4v) is 3.38. The van der Waals surface area contributed by atoms with Gasteiger partial charge in [0, 0.05) is 17.4 Å². The number of carbonyl (C=O) groups excluding carboxylic acids is 1. The molecule has 0 aliphatic carbocycles. The van der Waals surface area contributed by atoms with Crippen LogP contribution in [-0.2, 0) is 4.79 Å². The van der Waals surface area contributed by atoms with Gasteiger partial charge in [0.2, 0.25) is 5.91 Å². The molecule has 1 aliphatic rings. The molecule has 1 amide bonds. The van der Waals surface area contributed by atoms with Gasteiger partial charge >= 0.3 is 0 Å². The summed E-state index contributed by atoms with van der Waals surface area (Å²) in [6.07, 6.45) is 3.03. The average Bonchev–Trinajstić information content (AvgIpc) is 2.49. The number of hydrogen-bond donors (Lipinski definition) is 1. The number of aryl methyl sites for hydroxylation is 1. The van der Waals surface area contributed by atoms with E-state index in [4.69, 9.17) is 0 Å². The molecule has 1 N–H and O–H groups in total. The maximum absolute atomic E-state index is 12.0. The topological polar surface area (TPSA) is 32.3 Å². The lowest BCUT2D eigenvalue weighted by Gasteiger charge is -2.28. The third kappa shape index (κ3) is 5.71. The van der Waals surface area contributed by atoms with Crippen LogP contribution in [-0.4, -0.2) is 43.2 Å². The number of thioether (sulfide) groups is 1. The summed E-state index contributed by atoms with van der Waals surface area (Å²) in [5.74, 6) is 1.53. The molecule has 1 aliphatic heterocycles. The van der Waals surface area contributed by atoms with E-state index in [-0.39, 0.29) is 11.8 Å². The number of nitrogens with zero attached hydrogens (tertiary/aromatic N) is 1. The zero-order valence-electron chi connectivity index (χ0n) is 13.1. The highest BCUT2D eigenvalue weighted by atomic mass is 32.2. The first kappa shape index (κ1) is 16.4. The average molecular weight is 306 g/mol. The summed E-state index contributed by atoms with van der Waals surface area (Å²) in [5.41, 5.74) is 1.30. The van der Waals surface area contributed by atoms with E-state index in [9.17, 15) is 4.79 Å². The smallest absolute Gasteiger partial charge is 0.223 e. The molecular formula is C17H26N2OS. The zero-order chi connectivity index (χ0) is 15.1. The van der Waals surface area contributed by atoms with Crippen LogP contribution in [0.1, 0.15) is 24.8 Å². The SMILES string of the molecule is Cc1ccc(SCCCNC(=O)C2CCN(C)CC2)cc1. The minimum atomic E-state index is 0.228. The van der Waals surface area contributed by atoms with Crippen molar-refractivity contribution < 1.29 is 4.79 Å². The van der Waals surface area contributed by atoms with E-state index in [0.717, 1.165) is 44.6 Å². The molecule has 0 radical (unpaired) electrons. The summed E-state index contributed by atoms with van der Waals surface area (Å²) in [7, 11) is 2.12. The molecular weight excluding hydrogens is 280 g/mol. The molecule has 21 heavy (non-hydrogen) atoms.